The molecule has 0 saturated heterocycles. The molecule has 2 rings (SSSR count). The summed E-state index contributed by atoms with van der Waals surface area (Å²) in [5, 5.41) is 2.72. The molecule has 0 bridgehead atoms. The minimum Gasteiger partial charge on any atom is -0.352 e. The summed E-state index contributed by atoms with van der Waals surface area (Å²) in [6, 6.07) is 10.6. The minimum absolute atomic E-state index is 0.133. The zero-order valence-electron chi connectivity index (χ0n) is 19.9. The van der Waals surface area contributed by atoms with Crippen molar-refractivity contribution in [2.24, 2.45) is 0 Å². The van der Waals surface area contributed by atoms with Gasteiger partial charge in [-0.05, 0) is 45.9 Å². The van der Waals surface area contributed by atoms with E-state index in [2.05, 4.69) is 5.32 Å². The Morgan fingerprint density at radius 3 is 2.24 bits per heavy atom. The Morgan fingerprint density at radius 1 is 1.03 bits per heavy atom. The fraction of sp³-hybridized carbons (Fsp3) is 0.375. The molecular weight excluding hydrogens is 461 g/mol. The summed E-state index contributed by atoms with van der Waals surface area (Å²) in [7, 11) is -3.94. The molecule has 2 aromatic carbocycles. The number of nitrogens with one attached hydrogen (secondary N) is 1. The van der Waals surface area contributed by atoms with Crippen LogP contribution in [0.5, 0.6) is 0 Å². The van der Waals surface area contributed by atoms with E-state index in [1.54, 1.807) is 19.9 Å². The van der Waals surface area contributed by atoms with Gasteiger partial charge in [-0.25, -0.2) is 12.8 Å². The lowest BCUT2D eigenvalue weighted by Crippen LogP contribution is -2.52. The molecule has 34 heavy (non-hydrogen) atoms. The quantitative estimate of drug-likeness (QED) is 0.515. The number of Topliss-reactive ketones (excluding diaryl/α,β-unsaturated/α-hetero) is 1. The van der Waals surface area contributed by atoms with Gasteiger partial charge in [-0.3, -0.25) is 18.7 Å². The van der Waals surface area contributed by atoms with Gasteiger partial charge in [0.15, 0.2) is 5.78 Å². The normalized spacial score (nSPS) is 12.2. The van der Waals surface area contributed by atoms with E-state index in [9.17, 15) is 27.2 Å². The van der Waals surface area contributed by atoms with Crippen LogP contribution in [0.3, 0.4) is 0 Å². The van der Waals surface area contributed by atoms with Crippen LogP contribution in [0.15, 0.2) is 48.5 Å². The number of hydrogen-bond donors (Lipinski definition) is 1. The number of carbonyl (C=O) groups excluding carboxylic acids is 3. The predicted molar refractivity (Wildman–Crippen MR) is 128 cm³/mol. The maximum Gasteiger partial charge on any atom is 0.244 e. The Bertz CT molecular complexity index is 1170. The molecule has 0 heterocycles. The van der Waals surface area contributed by atoms with Crippen molar-refractivity contribution in [3.05, 3.63) is 65.5 Å². The first-order chi connectivity index (χ1) is 15.8. The highest BCUT2D eigenvalue weighted by Crippen LogP contribution is 2.21. The topological polar surface area (TPSA) is 104 Å². The van der Waals surface area contributed by atoms with Gasteiger partial charge in [0.25, 0.3) is 0 Å². The average molecular weight is 492 g/mol. The summed E-state index contributed by atoms with van der Waals surface area (Å²) < 4.78 is 40.3. The van der Waals surface area contributed by atoms with Gasteiger partial charge in [0.05, 0.1) is 11.9 Å². The highest BCUT2D eigenvalue weighted by Gasteiger charge is 2.30. The molecule has 2 aromatic rings. The van der Waals surface area contributed by atoms with E-state index < -0.39 is 40.2 Å². The first-order valence-electron chi connectivity index (χ1n) is 10.7. The second-order valence-corrected chi connectivity index (χ2v) is 10.2. The summed E-state index contributed by atoms with van der Waals surface area (Å²) >= 11 is 0. The standard InChI is InChI=1S/C24H30FN3O5S/c1-16(2)26-24(31)17(3)27(14-20-9-6-7-12-22(20)25)23(30)15-28(34(5,32)33)21-11-8-10-19(13-21)18(4)29/h6-13,16-17H,14-15H2,1-5H3,(H,26,31). The number of sulfonamides is 1. The summed E-state index contributed by atoms with van der Waals surface area (Å²) in [6.45, 7) is 5.51. The van der Waals surface area contributed by atoms with Gasteiger partial charge in [-0.2, -0.15) is 0 Å². The van der Waals surface area contributed by atoms with Crippen molar-refractivity contribution < 1.29 is 27.2 Å². The van der Waals surface area contributed by atoms with Gasteiger partial charge in [0, 0.05) is 23.7 Å². The Kier molecular flexibility index (Phi) is 8.92. The van der Waals surface area contributed by atoms with Crippen molar-refractivity contribution in [3.63, 3.8) is 0 Å². The average Bonchev–Trinajstić information content (AvgIpc) is 2.75. The van der Waals surface area contributed by atoms with E-state index >= 15 is 0 Å². The molecule has 0 radical (unpaired) electrons. The van der Waals surface area contributed by atoms with Crippen molar-refractivity contribution in [2.75, 3.05) is 17.1 Å². The summed E-state index contributed by atoms with van der Waals surface area (Å²) in [6.07, 6.45) is 0.941. The van der Waals surface area contributed by atoms with Gasteiger partial charge in [0.2, 0.25) is 21.8 Å². The second-order valence-electron chi connectivity index (χ2n) is 8.33. The number of ketones is 1. The van der Waals surface area contributed by atoms with Gasteiger partial charge < -0.3 is 10.2 Å². The first kappa shape index (κ1) is 27.0. The number of amides is 2. The van der Waals surface area contributed by atoms with E-state index in [4.69, 9.17) is 0 Å². The maximum absolute atomic E-state index is 14.3. The van der Waals surface area contributed by atoms with Gasteiger partial charge >= 0.3 is 0 Å². The molecule has 1 unspecified atom stereocenters. The lowest BCUT2D eigenvalue weighted by molar-refractivity contribution is -0.139. The molecule has 1 atom stereocenters. The minimum atomic E-state index is -3.94. The summed E-state index contributed by atoms with van der Waals surface area (Å²) in [5.74, 6) is -1.97. The summed E-state index contributed by atoms with van der Waals surface area (Å²) in [5.41, 5.74) is 0.602. The van der Waals surface area contributed by atoms with Crippen LogP contribution in [0.1, 0.15) is 43.6 Å². The molecule has 0 aromatic heterocycles. The highest BCUT2D eigenvalue weighted by molar-refractivity contribution is 7.92. The van der Waals surface area contributed by atoms with Gasteiger partial charge in [-0.15, -0.1) is 0 Å². The lowest BCUT2D eigenvalue weighted by Gasteiger charge is -2.32. The van der Waals surface area contributed by atoms with Crippen molar-refractivity contribution in [3.8, 4) is 0 Å². The SMILES string of the molecule is CC(=O)c1cccc(N(CC(=O)N(Cc2ccccc2F)C(C)C(=O)NC(C)C)S(C)(=O)=O)c1. The Balaban J connectivity index is 2.44. The smallest absolute Gasteiger partial charge is 0.244 e. The van der Waals surface area contributed by atoms with E-state index in [1.165, 1.54) is 56.3 Å². The fourth-order valence-corrected chi connectivity index (χ4v) is 4.13. The number of nitrogens with zero attached hydrogens (tertiary/aromatic N) is 2. The Labute approximate surface area is 199 Å². The van der Waals surface area contributed by atoms with Crippen LogP contribution >= 0.6 is 0 Å². The number of halogens is 1. The molecule has 1 N–H and O–H groups in total. The van der Waals surface area contributed by atoms with Crippen LogP contribution in [0.2, 0.25) is 0 Å². The van der Waals surface area contributed by atoms with Crippen LogP contribution in [0, 0.1) is 5.82 Å². The molecule has 0 aliphatic carbocycles. The van der Waals surface area contributed by atoms with E-state index in [1.807, 2.05) is 0 Å². The number of rotatable bonds is 10. The summed E-state index contributed by atoms with van der Waals surface area (Å²) in [4.78, 5) is 39.0. The van der Waals surface area contributed by atoms with Gasteiger partial charge in [0.1, 0.15) is 18.4 Å². The molecule has 0 spiro atoms. The number of carbonyl (C=O) groups is 3. The molecule has 184 valence electrons. The monoisotopic (exact) mass is 491 g/mol. The fourth-order valence-electron chi connectivity index (χ4n) is 3.29. The van der Waals surface area contributed by atoms with E-state index in [0.29, 0.717) is 0 Å². The lowest BCUT2D eigenvalue weighted by atomic mass is 10.1. The molecule has 0 fully saturated rings. The van der Waals surface area contributed by atoms with E-state index in [0.717, 1.165) is 15.5 Å². The molecule has 0 saturated carbocycles. The van der Waals surface area contributed by atoms with Crippen molar-refractivity contribution in [1.82, 2.24) is 10.2 Å². The van der Waals surface area contributed by atoms with Crippen LogP contribution in [-0.4, -0.2) is 55.8 Å². The number of anilines is 1. The first-order valence-corrected chi connectivity index (χ1v) is 12.6. The number of hydrogen-bond acceptors (Lipinski definition) is 5. The van der Waals surface area contributed by atoms with Crippen LogP contribution in [0.25, 0.3) is 0 Å². The largest absolute Gasteiger partial charge is 0.352 e. The molecular formula is C24H30FN3O5S. The Morgan fingerprint density at radius 2 is 1.68 bits per heavy atom. The Hall–Kier alpha value is -3.27. The molecule has 8 nitrogen and oxygen atoms in total. The maximum atomic E-state index is 14.3. The zero-order chi connectivity index (χ0) is 25.6. The van der Waals surface area contributed by atoms with Crippen molar-refractivity contribution in [2.45, 2.75) is 46.3 Å². The van der Waals surface area contributed by atoms with E-state index in [-0.39, 0.29) is 35.2 Å². The third kappa shape index (κ3) is 7.11. The van der Waals surface area contributed by atoms with Crippen LogP contribution < -0.4 is 9.62 Å². The third-order valence-electron chi connectivity index (χ3n) is 5.12. The molecule has 0 aliphatic rings. The second kappa shape index (κ2) is 11.2. The van der Waals surface area contributed by atoms with Crippen LogP contribution in [0.4, 0.5) is 10.1 Å². The molecule has 2 amide bonds. The third-order valence-corrected chi connectivity index (χ3v) is 6.26. The zero-order valence-corrected chi connectivity index (χ0v) is 20.7. The van der Waals surface area contributed by atoms with Crippen molar-refractivity contribution in [1.29, 1.82) is 0 Å². The number of benzene rings is 2. The predicted octanol–water partition coefficient (Wildman–Crippen LogP) is 2.74. The molecule has 10 heteroatoms. The highest BCUT2D eigenvalue weighted by atomic mass is 32.2. The van der Waals surface area contributed by atoms with Crippen LogP contribution in [-0.2, 0) is 26.2 Å². The van der Waals surface area contributed by atoms with Crippen molar-refractivity contribution >= 4 is 33.3 Å². The van der Waals surface area contributed by atoms with Gasteiger partial charge in [-0.1, -0.05) is 30.3 Å². The molecule has 0 aliphatic heterocycles.